The van der Waals surface area contributed by atoms with Crippen molar-refractivity contribution in [2.45, 2.75) is 6.92 Å². The summed E-state index contributed by atoms with van der Waals surface area (Å²) in [6.07, 6.45) is 0. The molecule has 0 saturated heterocycles. The van der Waals surface area contributed by atoms with Crippen LogP contribution in [0.5, 0.6) is 0 Å². The summed E-state index contributed by atoms with van der Waals surface area (Å²) in [4.78, 5) is 5.00. The number of nitrogens with zero attached hydrogens (tertiary/aromatic N) is 1. The molecule has 0 bridgehead atoms. The molecule has 0 unspecified atom stereocenters. The highest BCUT2D eigenvalue weighted by atomic mass is 16.3. The topological polar surface area (TPSA) is 26.0 Å². The molecule has 0 spiro atoms. The van der Waals surface area contributed by atoms with Crippen molar-refractivity contribution in [2.75, 3.05) is 0 Å². The smallest absolute Gasteiger partial charge is 0.227 e. The minimum absolute atomic E-state index is 0.652. The number of aromatic nitrogens is 1. The molecule has 9 aromatic rings. The second kappa shape index (κ2) is 8.76. The molecule has 9 rings (SSSR count). The van der Waals surface area contributed by atoms with Crippen molar-refractivity contribution in [2.24, 2.45) is 0 Å². The average Bonchev–Trinajstić information content (AvgIpc) is 3.46. The van der Waals surface area contributed by atoms with Gasteiger partial charge in [-0.25, -0.2) is 4.98 Å². The third-order valence-electron chi connectivity index (χ3n) is 8.69. The van der Waals surface area contributed by atoms with Crippen LogP contribution in [-0.4, -0.2) is 4.98 Å². The fourth-order valence-corrected chi connectivity index (χ4v) is 6.64. The Bertz CT molecular complexity index is 2480. The van der Waals surface area contributed by atoms with Gasteiger partial charge in [-0.1, -0.05) is 115 Å². The summed E-state index contributed by atoms with van der Waals surface area (Å²) in [5.74, 6) is 0.652. The Morgan fingerprint density at radius 3 is 1.95 bits per heavy atom. The predicted molar refractivity (Wildman–Crippen MR) is 176 cm³/mol. The largest absolute Gasteiger partial charge is 0.436 e. The highest BCUT2D eigenvalue weighted by molar-refractivity contribution is 6.27. The molecule has 8 aromatic carbocycles. The molecule has 0 radical (unpaired) electrons. The minimum atomic E-state index is 0.652. The van der Waals surface area contributed by atoms with E-state index in [1.165, 1.54) is 60.0 Å². The van der Waals surface area contributed by atoms with Crippen LogP contribution in [0.4, 0.5) is 0 Å². The first-order chi connectivity index (χ1) is 20.7. The van der Waals surface area contributed by atoms with Crippen LogP contribution in [0.15, 0.2) is 138 Å². The van der Waals surface area contributed by atoms with E-state index in [1.54, 1.807) is 0 Å². The van der Waals surface area contributed by atoms with Crippen LogP contribution in [-0.2, 0) is 0 Å². The van der Waals surface area contributed by atoms with Gasteiger partial charge in [-0.2, -0.15) is 0 Å². The zero-order valence-electron chi connectivity index (χ0n) is 23.1. The monoisotopic (exact) mass is 535 g/mol. The van der Waals surface area contributed by atoms with E-state index in [9.17, 15) is 0 Å². The molecule has 0 aliphatic rings. The molecule has 0 atom stereocenters. The SMILES string of the molecule is Cc1cccc(-c2ccc3oc(-c4ccc5ccc6c(-c7ccc8ccccc8c7)ccc7ccc4c5c76)nc3c2)c1. The van der Waals surface area contributed by atoms with Gasteiger partial charge in [0.15, 0.2) is 5.58 Å². The van der Waals surface area contributed by atoms with E-state index in [2.05, 4.69) is 134 Å². The Morgan fingerprint density at radius 1 is 0.476 bits per heavy atom. The Kier molecular flexibility index (Phi) is 4.85. The Balaban J connectivity index is 1.24. The molecule has 0 N–H and O–H groups in total. The Morgan fingerprint density at radius 2 is 1.14 bits per heavy atom. The molecule has 0 fully saturated rings. The predicted octanol–water partition coefficient (Wildman–Crippen LogP) is 11.2. The van der Waals surface area contributed by atoms with Crippen molar-refractivity contribution < 1.29 is 4.42 Å². The van der Waals surface area contributed by atoms with Gasteiger partial charge in [0.1, 0.15) is 5.52 Å². The van der Waals surface area contributed by atoms with Gasteiger partial charge in [0.2, 0.25) is 5.89 Å². The molecular weight excluding hydrogens is 510 g/mol. The highest BCUT2D eigenvalue weighted by Gasteiger charge is 2.18. The molecule has 0 saturated carbocycles. The molecule has 42 heavy (non-hydrogen) atoms. The molecule has 2 heteroatoms. The van der Waals surface area contributed by atoms with Crippen LogP contribution in [0.25, 0.3) is 87.9 Å². The summed E-state index contributed by atoms with van der Waals surface area (Å²) < 4.78 is 6.38. The third-order valence-corrected chi connectivity index (χ3v) is 8.69. The van der Waals surface area contributed by atoms with Crippen LogP contribution in [0.1, 0.15) is 5.56 Å². The van der Waals surface area contributed by atoms with Gasteiger partial charge in [0.25, 0.3) is 0 Å². The molecule has 1 heterocycles. The second-order valence-corrected chi connectivity index (χ2v) is 11.3. The number of hydrogen-bond acceptors (Lipinski definition) is 2. The van der Waals surface area contributed by atoms with Gasteiger partial charge in [0.05, 0.1) is 0 Å². The lowest BCUT2D eigenvalue weighted by Gasteiger charge is -2.16. The number of fused-ring (bicyclic) bond motifs is 2. The summed E-state index contributed by atoms with van der Waals surface area (Å²) in [6, 6.07) is 48.0. The van der Waals surface area contributed by atoms with Gasteiger partial charge in [-0.05, 0) is 96.5 Å². The molecule has 0 amide bonds. The standard InChI is InChI=1S/C40H25NO/c1-24-5-4-8-28(21-24)30-15-20-37-36(23-30)41-40(42-37)35-19-14-27-12-17-33-32(16-11-26-13-18-34(35)39(27)38(26)33)31-10-9-25-6-2-3-7-29(25)22-31/h2-23H,1H3. The molecule has 196 valence electrons. The van der Waals surface area contributed by atoms with Crippen molar-refractivity contribution in [3.63, 3.8) is 0 Å². The van der Waals surface area contributed by atoms with Crippen molar-refractivity contribution in [1.82, 2.24) is 4.98 Å². The highest BCUT2D eigenvalue weighted by Crippen LogP contribution is 2.43. The van der Waals surface area contributed by atoms with E-state index in [-0.39, 0.29) is 0 Å². The second-order valence-electron chi connectivity index (χ2n) is 11.3. The van der Waals surface area contributed by atoms with E-state index in [0.29, 0.717) is 5.89 Å². The molecule has 2 nitrogen and oxygen atoms in total. The van der Waals surface area contributed by atoms with Crippen molar-refractivity contribution in [3.8, 4) is 33.7 Å². The summed E-state index contributed by atoms with van der Waals surface area (Å²) in [5, 5.41) is 9.94. The number of hydrogen-bond donors (Lipinski definition) is 0. The normalized spacial score (nSPS) is 11.9. The van der Waals surface area contributed by atoms with Gasteiger partial charge < -0.3 is 4.42 Å². The quantitative estimate of drug-likeness (QED) is 0.210. The average molecular weight is 536 g/mol. The maximum Gasteiger partial charge on any atom is 0.227 e. The van der Waals surface area contributed by atoms with E-state index in [4.69, 9.17) is 9.40 Å². The molecular formula is C40H25NO. The third kappa shape index (κ3) is 3.49. The molecule has 0 aliphatic carbocycles. The van der Waals surface area contributed by atoms with E-state index < -0.39 is 0 Å². The zero-order valence-corrected chi connectivity index (χ0v) is 23.1. The van der Waals surface area contributed by atoms with Gasteiger partial charge in [0, 0.05) is 5.56 Å². The number of benzene rings is 8. The maximum absolute atomic E-state index is 6.38. The fourth-order valence-electron chi connectivity index (χ4n) is 6.64. The lowest BCUT2D eigenvalue weighted by atomic mass is 9.88. The van der Waals surface area contributed by atoms with Crippen molar-refractivity contribution in [1.29, 1.82) is 0 Å². The minimum Gasteiger partial charge on any atom is -0.436 e. The number of aryl methyl sites for hydroxylation is 1. The first-order valence-corrected chi connectivity index (χ1v) is 14.4. The summed E-state index contributed by atoms with van der Waals surface area (Å²) >= 11 is 0. The van der Waals surface area contributed by atoms with Crippen molar-refractivity contribution in [3.05, 3.63) is 139 Å². The number of rotatable bonds is 3. The molecule has 1 aromatic heterocycles. The van der Waals surface area contributed by atoms with Crippen molar-refractivity contribution >= 4 is 54.2 Å². The Hall–Kier alpha value is -5.47. The summed E-state index contributed by atoms with van der Waals surface area (Å²) in [7, 11) is 0. The van der Waals surface area contributed by atoms with Crippen LogP contribution in [0, 0.1) is 6.92 Å². The van der Waals surface area contributed by atoms with E-state index in [0.717, 1.165) is 27.6 Å². The first-order valence-electron chi connectivity index (χ1n) is 14.4. The van der Waals surface area contributed by atoms with Gasteiger partial charge in [-0.15, -0.1) is 0 Å². The summed E-state index contributed by atoms with van der Waals surface area (Å²) in [5.41, 5.74) is 8.73. The lowest BCUT2D eigenvalue weighted by Crippen LogP contribution is -1.89. The summed E-state index contributed by atoms with van der Waals surface area (Å²) in [6.45, 7) is 2.12. The van der Waals surface area contributed by atoms with Gasteiger partial charge >= 0.3 is 0 Å². The van der Waals surface area contributed by atoms with Crippen LogP contribution < -0.4 is 0 Å². The van der Waals surface area contributed by atoms with Gasteiger partial charge in [-0.3, -0.25) is 0 Å². The first kappa shape index (κ1) is 23.3. The molecule has 0 aliphatic heterocycles. The van der Waals surface area contributed by atoms with Crippen LogP contribution in [0.3, 0.4) is 0 Å². The lowest BCUT2D eigenvalue weighted by molar-refractivity contribution is 0.620. The maximum atomic E-state index is 6.38. The zero-order chi connectivity index (χ0) is 27.8. The van der Waals surface area contributed by atoms with Crippen LogP contribution >= 0.6 is 0 Å². The van der Waals surface area contributed by atoms with E-state index in [1.807, 2.05) is 6.07 Å². The van der Waals surface area contributed by atoms with Crippen LogP contribution in [0.2, 0.25) is 0 Å². The number of oxazole rings is 1. The van der Waals surface area contributed by atoms with E-state index >= 15 is 0 Å². The fraction of sp³-hybridized carbons (Fsp3) is 0.0250. The Labute approximate surface area is 242 Å².